The number of morpholine rings is 1. The first-order valence-corrected chi connectivity index (χ1v) is 7.73. The number of benzene rings is 1. The molecule has 3 atom stereocenters. The van der Waals surface area contributed by atoms with Crippen molar-refractivity contribution in [3.63, 3.8) is 0 Å². The fraction of sp³-hybridized carbons (Fsp3) is 0.588. The number of carbonyl (C=O) groups excluding carboxylic acids is 1. The van der Waals surface area contributed by atoms with Gasteiger partial charge in [-0.1, -0.05) is 0 Å². The molecule has 1 saturated heterocycles. The molecule has 130 valence electrons. The summed E-state index contributed by atoms with van der Waals surface area (Å²) in [5.41, 5.74) is 0.657. The lowest BCUT2D eigenvalue weighted by Gasteiger charge is -2.36. The van der Waals surface area contributed by atoms with Gasteiger partial charge in [-0.15, -0.1) is 0 Å². The van der Waals surface area contributed by atoms with Crippen LogP contribution in [0.4, 0.5) is 0 Å². The maximum atomic E-state index is 11.2. The van der Waals surface area contributed by atoms with Crippen LogP contribution in [0.25, 0.3) is 0 Å². The molecule has 1 aromatic carbocycles. The Morgan fingerprint density at radius 1 is 1.30 bits per heavy atom. The van der Waals surface area contributed by atoms with Crippen molar-refractivity contribution in [2.45, 2.75) is 39.1 Å². The Morgan fingerprint density at radius 2 is 1.87 bits per heavy atom. The average molecular weight is 343 g/mol. The molecule has 0 aromatic heterocycles. The molecule has 5 nitrogen and oxygen atoms in total. The highest BCUT2D eigenvalue weighted by Crippen LogP contribution is 2.14. The summed E-state index contributed by atoms with van der Waals surface area (Å²) in [7, 11) is 0. The van der Waals surface area contributed by atoms with E-state index < -0.39 is 6.10 Å². The van der Waals surface area contributed by atoms with Crippen LogP contribution in [0.2, 0.25) is 0 Å². The zero-order chi connectivity index (χ0) is 16.1. The minimum Gasteiger partial charge on any atom is -1.00 e. The average Bonchev–Trinajstić information content (AvgIpc) is 2.44. The largest absolute Gasteiger partial charge is 1.00 e. The molecule has 0 aliphatic carbocycles. The number of carbonyl (C=O) groups is 1. The van der Waals surface area contributed by atoms with Crippen LogP contribution in [-0.2, 0) is 4.74 Å². The number of Topliss-reactive ketones (excluding diaryl/α,β-unsaturated/α-hetero) is 1. The molecule has 1 fully saturated rings. The van der Waals surface area contributed by atoms with Gasteiger partial charge in [0.1, 0.15) is 18.5 Å². The predicted molar refractivity (Wildman–Crippen MR) is 84.4 cm³/mol. The number of rotatable bonds is 6. The second-order valence-corrected chi connectivity index (χ2v) is 6.02. The molecule has 0 amide bonds. The van der Waals surface area contributed by atoms with Gasteiger partial charge in [-0.3, -0.25) is 9.69 Å². The Kier molecular flexibility index (Phi) is 7.99. The van der Waals surface area contributed by atoms with Crippen LogP contribution < -0.4 is 17.1 Å². The van der Waals surface area contributed by atoms with Gasteiger partial charge in [-0.05, 0) is 45.0 Å². The quantitative estimate of drug-likeness (QED) is 0.654. The van der Waals surface area contributed by atoms with E-state index in [1.165, 1.54) is 6.92 Å². The molecule has 1 aliphatic rings. The summed E-state index contributed by atoms with van der Waals surface area (Å²) in [6.07, 6.45) is -0.169. The fourth-order valence-electron chi connectivity index (χ4n) is 2.76. The molecule has 1 aromatic rings. The van der Waals surface area contributed by atoms with E-state index >= 15 is 0 Å². The van der Waals surface area contributed by atoms with E-state index in [0.29, 0.717) is 17.9 Å². The monoisotopic (exact) mass is 342 g/mol. The second-order valence-electron chi connectivity index (χ2n) is 6.02. The van der Waals surface area contributed by atoms with Gasteiger partial charge in [0.2, 0.25) is 0 Å². The lowest BCUT2D eigenvalue weighted by Crippen LogP contribution is -3.00. The predicted octanol–water partition coefficient (Wildman–Crippen LogP) is -1.26. The number of nitrogens with zero attached hydrogens (tertiary/aromatic N) is 1. The highest BCUT2D eigenvalue weighted by Gasteiger charge is 2.23. The molecule has 0 radical (unpaired) electrons. The molecule has 2 rings (SSSR count). The van der Waals surface area contributed by atoms with Gasteiger partial charge < -0.3 is 27.0 Å². The molecule has 0 saturated carbocycles. The maximum absolute atomic E-state index is 11.2. The molecule has 1 heterocycles. The molecular weight excluding hydrogens is 318 g/mol. The van der Waals surface area contributed by atoms with E-state index in [0.717, 1.165) is 13.1 Å². The number of ketones is 1. The van der Waals surface area contributed by atoms with Gasteiger partial charge in [0.25, 0.3) is 0 Å². The van der Waals surface area contributed by atoms with Crippen molar-refractivity contribution in [2.75, 3.05) is 26.2 Å². The van der Waals surface area contributed by atoms with Crippen molar-refractivity contribution in [3.05, 3.63) is 29.8 Å². The van der Waals surface area contributed by atoms with E-state index in [2.05, 4.69) is 4.90 Å². The van der Waals surface area contributed by atoms with E-state index in [1.807, 2.05) is 13.8 Å². The lowest BCUT2D eigenvalue weighted by molar-refractivity contribution is -0.0786. The highest BCUT2D eigenvalue weighted by molar-refractivity contribution is 5.94. The van der Waals surface area contributed by atoms with E-state index in [-0.39, 0.29) is 37.0 Å². The first kappa shape index (κ1) is 19.9. The Bertz CT molecular complexity index is 484. The first-order valence-electron chi connectivity index (χ1n) is 7.73. The third-order valence-electron chi connectivity index (χ3n) is 3.67. The fourth-order valence-corrected chi connectivity index (χ4v) is 2.76. The van der Waals surface area contributed by atoms with E-state index in [4.69, 9.17) is 9.47 Å². The zero-order valence-corrected chi connectivity index (χ0v) is 14.6. The number of hydrogen-bond acceptors (Lipinski definition) is 5. The minimum atomic E-state index is -0.551. The molecule has 6 heteroatoms. The number of ether oxygens (including phenoxy) is 2. The van der Waals surface area contributed by atoms with Gasteiger partial charge in [0.05, 0.1) is 12.2 Å². The third-order valence-corrected chi connectivity index (χ3v) is 3.67. The number of halogens is 1. The standard InChI is InChI=1S/C17H25NO4.ClH/c1-12-8-18(9-13(2)22-12)10-16(20)11-21-17-6-4-15(5-7-17)14(3)19;/h4-7,12-13,16,20H,8-11H2,1-3H3;1H/p-1. The number of aliphatic hydroxyl groups excluding tert-OH is 1. The van der Waals surface area contributed by atoms with Gasteiger partial charge in [0.15, 0.2) is 5.78 Å². The molecule has 0 bridgehead atoms. The van der Waals surface area contributed by atoms with Gasteiger partial charge in [-0.25, -0.2) is 0 Å². The summed E-state index contributed by atoms with van der Waals surface area (Å²) in [4.78, 5) is 13.4. The number of hydrogen-bond donors (Lipinski definition) is 1. The summed E-state index contributed by atoms with van der Waals surface area (Å²) >= 11 is 0. The lowest BCUT2D eigenvalue weighted by atomic mass is 10.1. The molecule has 3 unspecified atom stereocenters. The Hall–Kier alpha value is -1.14. The summed E-state index contributed by atoms with van der Waals surface area (Å²) in [6, 6.07) is 6.97. The normalized spacial score (nSPS) is 23.0. The Morgan fingerprint density at radius 3 is 2.39 bits per heavy atom. The van der Waals surface area contributed by atoms with Crippen molar-refractivity contribution in [3.8, 4) is 5.75 Å². The first-order chi connectivity index (χ1) is 10.4. The Labute approximate surface area is 144 Å². The summed E-state index contributed by atoms with van der Waals surface area (Å²) < 4.78 is 11.3. The third kappa shape index (κ3) is 6.47. The summed E-state index contributed by atoms with van der Waals surface area (Å²) in [5.74, 6) is 0.690. The SMILES string of the molecule is CC(=O)c1ccc(OCC(O)CN2CC(C)OC(C)C2)cc1.[Cl-]. The Balaban J connectivity index is 0.00000264. The van der Waals surface area contributed by atoms with Crippen molar-refractivity contribution in [2.24, 2.45) is 0 Å². The molecule has 23 heavy (non-hydrogen) atoms. The van der Waals surface area contributed by atoms with Crippen LogP contribution in [0.1, 0.15) is 31.1 Å². The van der Waals surface area contributed by atoms with Crippen molar-refractivity contribution < 1.29 is 31.8 Å². The van der Waals surface area contributed by atoms with Crippen molar-refractivity contribution in [1.29, 1.82) is 0 Å². The van der Waals surface area contributed by atoms with E-state index in [9.17, 15) is 9.90 Å². The van der Waals surface area contributed by atoms with Gasteiger partial charge in [0, 0.05) is 25.2 Å². The molecular formula is C17H25ClNO4-. The van der Waals surface area contributed by atoms with Crippen LogP contribution in [0.3, 0.4) is 0 Å². The molecule has 1 aliphatic heterocycles. The zero-order valence-electron chi connectivity index (χ0n) is 13.9. The van der Waals surface area contributed by atoms with Crippen LogP contribution in [-0.4, -0.2) is 60.3 Å². The van der Waals surface area contributed by atoms with E-state index in [1.54, 1.807) is 24.3 Å². The van der Waals surface area contributed by atoms with Gasteiger partial charge in [-0.2, -0.15) is 0 Å². The molecule has 0 spiro atoms. The summed E-state index contributed by atoms with van der Waals surface area (Å²) in [5, 5.41) is 10.1. The van der Waals surface area contributed by atoms with Crippen molar-refractivity contribution >= 4 is 5.78 Å². The molecule has 1 N–H and O–H groups in total. The second kappa shape index (κ2) is 9.23. The van der Waals surface area contributed by atoms with Gasteiger partial charge >= 0.3 is 0 Å². The van der Waals surface area contributed by atoms with Crippen LogP contribution in [0.15, 0.2) is 24.3 Å². The van der Waals surface area contributed by atoms with Crippen LogP contribution >= 0.6 is 0 Å². The number of β-amino-alcohol motifs (C(OH)–C–C–N with tert-alkyl or cyclic N) is 1. The van der Waals surface area contributed by atoms with Crippen molar-refractivity contribution in [1.82, 2.24) is 4.90 Å². The van der Waals surface area contributed by atoms with Crippen LogP contribution in [0, 0.1) is 0 Å². The number of aliphatic hydroxyl groups is 1. The topological polar surface area (TPSA) is 59.0 Å². The minimum absolute atomic E-state index is 0. The maximum Gasteiger partial charge on any atom is 0.159 e. The summed E-state index contributed by atoms with van der Waals surface area (Å²) in [6.45, 7) is 8.08. The van der Waals surface area contributed by atoms with Crippen LogP contribution in [0.5, 0.6) is 5.75 Å². The highest BCUT2D eigenvalue weighted by atomic mass is 35.5. The smallest absolute Gasteiger partial charge is 0.159 e.